The predicted molar refractivity (Wildman–Crippen MR) is 137 cm³/mol. The molecule has 2 heterocycles. The molecule has 2 bridgehead atoms. The van der Waals surface area contributed by atoms with E-state index in [9.17, 15) is 20.2 Å². The molecule has 2 aromatic carbocycles. The van der Waals surface area contributed by atoms with E-state index in [4.69, 9.17) is 4.74 Å². The summed E-state index contributed by atoms with van der Waals surface area (Å²) in [7, 11) is 1.80. The zero-order valence-electron chi connectivity index (χ0n) is 20.3. The molecule has 190 valence electrons. The monoisotopic (exact) mass is 554 g/mol. The average molecular weight is 555 g/mol. The number of carbonyl (C=O) groups is 1. The highest BCUT2D eigenvalue weighted by molar-refractivity contribution is 9.10. The molecule has 2 aliphatic heterocycles. The Kier molecular flexibility index (Phi) is 4.77. The number of ether oxygens (including phenoxy) is 1. The number of aromatic hydroxyl groups is 1. The third kappa shape index (κ3) is 2.87. The number of hydroxylamine groups is 3. The molecule has 2 N–H and O–H groups in total. The predicted octanol–water partition coefficient (Wildman–Crippen LogP) is 3.87. The quantitative estimate of drug-likeness (QED) is 0.442. The zero-order chi connectivity index (χ0) is 25.0. The van der Waals surface area contributed by atoms with E-state index >= 15 is 0 Å². The third-order valence-corrected chi connectivity index (χ3v) is 10.5. The van der Waals surface area contributed by atoms with Gasteiger partial charge in [0, 0.05) is 41.4 Å². The average Bonchev–Trinajstić information content (AvgIpc) is 3.59. The Morgan fingerprint density at radius 2 is 1.94 bits per heavy atom. The summed E-state index contributed by atoms with van der Waals surface area (Å²) in [6.07, 6.45) is 3.62. The molecule has 0 aromatic heterocycles. The van der Waals surface area contributed by atoms with Gasteiger partial charge < -0.3 is 29.7 Å². The van der Waals surface area contributed by atoms with Gasteiger partial charge in [-0.1, -0.05) is 22.0 Å². The maximum Gasteiger partial charge on any atom is 0.253 e. The van der Waals surface area contributed by atoms with E-state index < -0.39 is 23.2 Å². The van der Waals surface area contributed by atoms with Crippen molar-refractivity contribution in [1.29, 1.82) is 0 Å². The molecule has 1 saturated heterocycles. The Morgan fingerprint density at radius 1 is 1.19 bits per heavy atom. The number of rotatable bonds is 4. The van der Waals surface area contributed by atoms with Crippen molar-refractivity contribution in [3.05, 3.63) is 62.8 Å². The molecular weight excluding hydrogens is 524 g/mol. The highest BCUT2D eigenvalue weighted by Gasteiger charge is 2.76. The molecule has 5 aliphatic rings. The SMILES string of the molecule is CN(C(=O)c1ccc(Br)cc1)[C@@H]1CC[C@@]2(O)[C@H]3Cc4ccc(O)c5c4C2(CC[N+]3([O-])CC2CC2)[C@H]1O5. The fraction of sp³-hybridized carbons (Fsp3) is 0.536. The van der Waals surface area contributed by atoms with Crippen LogP contribution in [0.2, 0.25) is 0 Å². The summed E-state index contributed by atoms with van der Waals surface area (Å²) in [5.74, 6) is 0.840. The summed E-state index contributed by atoms with van der Waals surface area (Å²) in [6, 6.07) is 10.1. The molecule has 3 aliphatic carbocycles. The molecule has 1 spiro atoms. The van der Waals surface area contributed by atoms with Gasteiger partial charge in [0.25, 0.3) is 5.91 Å². The van der Waals surface area contributed by atoms with Gasteiger partial charge in [0.2, 0.25) is 0 Å². The number of carbonyl (C=O) groups excluding carboxylic acids is 1. The van der Waals surface area contributed by atoms with Crippen molar-refractivity contribution in [2.24, 2.45) is 5.92 Å². The molecule has 2 aromatic rings. The number of likely N-dealkylation sites (N-methyl/N-ethyl adjacent to an activating group) is 1. The van der Waals surface area contributed by atoms with Gasteiger partial charge in [0.05, 0.1) is 24.5 Å². The highest BCUT2D eigenvalue weighted by atomic mass is 79.9. The maximum atomic E-state index is 14.3. The first kappa shape index (κ1) is 23.0. The first-order valence-electron chi connectivity index (χ1n) is 13.0. The number of hydrogen-bond donors (Lipinski definition) is 2. The van der Waals surface area contributed by atoms with Crippen LogP contribution in [-0.4, -0.2) is 69.6 Å². The molecule has 6 atom stereocenters. The van der Waals surface area contributed by atoms with Crippen LogP contribution in [0.1, 0.15) is 53.6 Å². The smallest absolute Gasteiger partial charge is 0.253 e. The molecule has 0 radical (unpaired) electrons. The van der Waals surface area contributed by atoms with Gasteiger partial charge >= 0.3 is 0 Å². The second kappa shape index (κ2) is 7.47. The fourth-order valence-electron chi connectivity index (χ4n) is 8.07. The first-order chi connectivity index (χ1) is 17.2. The molecular formula is C28H31BrN2O5. The first-order valence-corrected chi connectivity index (χ1v) is 13.8. The molecule has 7 nitrogen and oxygen atoms in total. The summed E-state index contributed by atoms with van der Waals surface area (Å²) in [5.41, 5.74) is 0.403. The van der Waals surface area contributed by atoms with Crippen LogP contribution in [0.4, 0.5) is 0 Å². The number of piperidine rings is 1. The van der Waals surface area contributed by atoms with Crippen LogP contribution in [0, 0.1) is 11.1 Å². The number of quaternary nitrogens is 1. The topological polar surface area (TPSA) is 93.1 Å². The van der Waals surface area contributed by atoms with Gasteiger partial charge in [-0.2, -0.15) is 0 Å². The molecule has 1 amide bonds. The highest BCUT2D eigenvalue weighted by Crippen LogP contribution is 2.67. The van der Waals surface area contributed by atoms with Crippen LogP contribution in [0.5, 0.6) is 11.5 Å². The Morgan fingerprint density at radius 3 is 2.67 bits per heavy atom. The van der Waals surface area contributed by atoms with Gasteiger partial charge in [0.1, 0.15) is 17.7 Å². The van der Waals surface area contributed by atoms with Crippen molar-refractivity contribution in [1.82, 2.24) is 4.90 Å². The fourth-order valence-corrected chi connectivity index (χ4v) is 8.34. The van der Waals surface area contributed by atoms with Crippen molar-refractivity contribution < 1.29 is 24.4 Å². The van der Waals surface area contributed by atoms with E-state index in [0.717, 1.165) is 28.4 Å². The van der Waals surface area contributed by atoms with Gasteiger partial charge in [0.15, 0.2) is 11.5 Å². The number of benzene rings is 2. The summed E-state index contributed by atoms with van der Waals surface area (Å²) >= 11 is 3.43. The normalized spacial score (nSPS) is 37.7. The van der Waals surface area contributed by atoms with E-state index in [-0.39, 0.29) is 22.3 Å². The Labute approximate surface area is 219 Å². The van der Waals surface area contributed by atoms with Crippen molar-refractivity contribution in [3.8, 4) is 11.5 Å². The van der Waals surface area contributed by atoms with E-state index in [1.807, 2.05) is 18.2 Å². The summed E-state index contributed by atoms with van der Waals surface area (Å²) in [6.45, 7) is 0.995. The minimum Gasteiger partial charge on any atom is -0.632 e. The lowest BCUT2D eigenvalue weighted by molar-refractivity contribution is -0.924. The van der Waals surface area contributed by atoms with E-state index in [1.165, 1.54) is 0 Å². The second-order valence-corrected chi connectivity index (χ2v) is 12.6. The molecule has 2 saturated carbocycles. The number of phenolic OH excluding ortho intramolecular Hbond substituents is 1. The Hall–Kier alpha value is -2.13. The number of likely N-dealkylation sites (tertiary alicyclic amines) is 1. The molecule has 36 heavy (non-hydrogen) atoms. The van der Waals surface area contributed by atoms with Gasteiger partial charge in [-0.15, -0.1) is 0 Å². The van der Waals surface area contributed by atoms with E-state index in [0.29, 0.717) is 56.0 Å². The lowest BCUT2D eigenvalue weighted by Crippen LogP contribution is -2.81. The number of halogens is 1. The minimum atomic E-state index is -1.24. The minimum absolute atomic E-state index is 0.0606. The molecule has 8 heteroatoms. The lowest BCUT2D eigenvalue weighted by Gasteiger charge is -2.68. The molecule has 3 fully saturated rings. The van der Waals surface area contributed by atoms with Crippen molar-refractivity contribution >= 4 is 21.8 Å². The van der Waals surface area contributed by atoms with Crippen LogP contribution in [0.3, 0.4) is 0 Å². The number of nitrogens with zero attached hydrogens (tertiary/aromatic N) is 2. The van der Waals surface area contributed by atoms with E-state index in [2.05, 4.69) is 15.9 Å². The van der Waals surface area contributed by atoms with Gasteiger partial charge in [-0.25, -0.2) is 0 Å². The van der Waals surface area contributed by atoms with Crippen LogP contribution >= 0.6 is 15.9 Å². The van der Waals surface area contributed by atoms with Crippen LogP contribution in [-0.2, 0) is 11.8 Å². The van der Waals surface area contributed by atoms with Gasteiger partial charge in [-0.05, 0) is 61.6 Å². The van der Waals surface area contributed by atoms with Crippen LogP contribution in [0.25, 0.3) is 0 Å². The summed E-state index contributed by atoms with van der Waals surface area (Å²) in [4.78, 5) is 15.3. The largest absolute Gasteiger partial charge is 0.632 e. The number of hydrogen-bond acceptors (Lipinski definition) is 5. The Balaban J connectivity index is 1.33. The maximum absolute atomic E-state index is 14.3. The lowest BCUT2D eigenvalue weighted by atomic mass is 9.48. The van der Waals surface area contributed by atoms with Crippen molar-refractivity contribution in [2.45, 2.75) is 67.7 Å². The van der Waals surface area contributed by atoms with Crippen LogP contribution < -0.4 is 4.74 Å². The third-order valence-electron chi connectivity index (χ3n) is 9.93. The summed E-state index contributed by atoms with van der Waals surface area (Å²) < 4.78 is 7.12. The number of phenols is 1. The standard InChI is InChI=1S/C28H31BrN2O5/c1-30(26(33)17-4-7-19(29)8-5-17)20-10-11-28(34)22-14-18-6-9-21(32)24-23(18)27(28,25(20)36-24)12-13-31(22,35)15-16-2-3-16/h4-9,16,20,22,25,32,34H,2-3,10-15H2,1H3/t20-,22-,25+,27?,28-,31?/m1/s1. The van der Waals surface area contributed by atoms with Gasteiger partial charge in [-0.3, -0.25) is 4.79 Å². The summed E-state index contributed by atoms with van der Waals surface area (Å²) in [5, 5.41) is 37.7. The molecule has 2 unspecified atom stereocenters. The van der Waals surface area contributed by atoms with Crippen LogP contribution in [0.15, 0.2) is 40.9 Å². The zero-order valence-corrected chi connectivity index (χ0v) is 21.9. The number of aliphatic hydroxyl groups is 1. The second-order valence-electron chi connectivity index (χ2n) is 11.7. The Bertz CT molecular complexity index is 1270. The van der Waals surface area contributed by atoms with Crippen molar-refractivity contribution in [2.75, 3.05) is 20.1 Å². The van der Waals surface area contributed by atoms with Crippen molar-refractivity contribution in [3.63, 3.8) is 0 Å². The number of amides is 1. The van der Waals surface area contributed by atoms with E-state index in [1.54, 1.807) is 30.1 Å². The molecule has 7 rings (SSSR count).